The van der Waals surface area contributed by atoms with Crippen LogP contribution in [0.2, 0.25) is 5.02 Å². The molecule has 0 spiro atoms. The van der Waals surface area contributed by atoms with Gasteiger partial charge in [0.25, 0.3) is 0 Å². The molecule has 2 aromatic rings. The summed E-state index contributed by atoms with van der Waals surface area (Å²) in [5, 5.41) is 3.74. The van der Waals surface area contributed by atoms with E-state index in [1.807, 2.05) is 0 Å². The number of rotatable bonds is 7. The monoisotopic (exact) mass is 436 g/mol. The highest BCUT2D eigenvalue weighted by molar-refractivity contribution is 6.30. The second kappa shape index (κ2) is 10.7. The molecule has 5 nitrogen and oxygen atoms in total. The number of carbonyl (C=O) groups is 2. The van der Waals surface area contributed by atoms with Crippen molar-refractivity contribution in [2.45, 2.75) is 57.2 Å². The van der Waals surface area contributed by atoms with E-state index in [2.05, 4.69) is 5.32 Å². The van der Waals surface area contributed by atoms with Crippen molar-refractivity contribution in [1.29, 1.82) is 0 Å². The van der Waals surface area contributed by atoms with E-state index in [0.717, 1.165) is 25.7 Å². The molecule has 1 atom stereocenters. The van der Waals surface area contributed by atoms with E-state index < -0.39 is 6.04 Å². The molecule has 1 heterocycles. The Morgan fingerprint density at radius 1 is 1.10 bits per heavy atom. The van der Waals surface area contributed by atoms with E-state index in [4.69, 9.17) is 27.6 Å². The summed E-state index contributed by atoms with van der Waals surface area (Å²) in [4.78, 5) is 27.6. The molecule has 1 aromatic heterocycles. The molecule has 156 valence electrons. The van der Waals surface area contributed by atoms with Gasteiger partial charge in [-0.15, -0.1) is 11.6 Å². The average Bonchev–Trinajstić information content (AvgIpc) is 3.11. The predicted octanol–water partition coefficient (Wildman–Crippen LogP) is 5.08. The van der Waals surface area contributed by atoms with Crippen LogP contribution in [0.5, 0.6) is 0 Å². The topological polar surface area (TPSA) is 62.6 Å². The Kier molecular flexibility index (Phi) is 8.01. The highest BCUT2D eigenvalue weighted by Crippen LogP contribution is 2.27. The van der Waals surface area contributed by atoms with Crippen LogP contribution in [0.25, 0.3) is 0 Å². The molecule has 0 aliphatic heterocycles. The van der Waals surface area contributed by atoms with Crippen molar-refractivity contribution in [1.82, 2.24) is 10.2 Å². The smallest absolute Gasteiger partial charge is 0.247 e. The van der Waals surface area contributed by atoms with Crippen molar-refractivity contribution < 1.29 is 14.0 Å². The zero-order valence-corrected chi connectivity index (χ0v) is 17.8. The maximum Gasteiger partial charge on any atom is 0.247 e. The van der Waals surface area contributed by atoms with Crippen LogP contribution in [0.15, 0.2) is 47.1 Å². The summed E-state index contributed by atoms with van der Waals surface area (Å²) in [6.07, 6.45) is 8.06. The first-order valence-corrected chi connectivity index (χ1v) is 10.9. The summed E-state index contributed by atoms with van der Waals surface area (Å²) in [7, 11) is 0. The lowest BCUT2D eigenvalue weighted by Gasteiger charge is -2.31. The van der Waals surface area contributed by atoms with Gasteiger partial charge in [0.1, 0.15) is 17.7 Å². The van der Waals surface area contributed by atoms with Crippen molar-refractivity contribution in [3.63, 3.8) is 0 Å². The van der Waals surface area contributed by atoms with Crippen molar-refractivity contribution in [2.24, 2.45) is 0 Å². The number of benzene rings is 1. The minimum Gasteiger partial charge on any atom is -0.467 e. The molecule has 1 aliphatic rings. The maximum absolute atomic E-state index is 13.4. The van der Waals surface area contributed by atoms with Crippen LogP contribution >= 0.6 is 23.2 Å². The number of nitrogens with one attached hydrogen (secondary N) is 1. The van der Waals surface area contributed by atoms with Crippen molar-refractivity contribution in [3.05, 3.63) is 59.0 Å². The van der Waals surface area contributed by atoms with E-state index in [9.17, 15) is 9.59 Å². The summed E-state index contributed by atoms with van der Waals surface area (Å²) >= 11 is 11.9. The van der Waals surface area contributed by atoms with Gasteiger partial charge >= 0.3 is 0 Å². The van der Waals surface area contributed by atoms with Crippen LogP contribution in [-0.2, 0) is 16.1 Å². The lowest BCUT2D eigenvalue weighted by Crippen LogP contribution is -2.46. The zero-order valence-electron chi connectivity index (χ0n) is 16.3. The predicted molar refractivity (Wildman–Crippen MR) is 114 cm³/mol. The number of hydrogen-bond donors (Lipinski definition) is 1. The summed E-state index contributed by atoms with van der Waals surface area (Å²) in [5.74, 6) is -0.172. The number of furan rings is 1. The zero-order chi connectivity index (χ0) is 20.6. The van der Waals surface area contributed by atoms with Gasteiger partial charge in [-0.25, -0.2) is 0 Å². The highest BCUT2D eigenvalue weighted by atomic mass is 35.5. The Labute approximate surface area is 181 Å². The largest absolute Gasteiger partial charge is 0.467 e. The van der Waals surface area contributed by atoms with E-state index in [1.165, 1.54) is 17.7 Å². The van der Waals surface area contributed by atoms with Crippen LogP contribution in [0, 0.1) is 0 Å². The van der Waals surface area contributed by atoms with Gasteiger partial charge in [-0.3, -0.25) is 9.59 Å². The second-order valence-corrected chi connectivity index (χ2v) is 8.09. The highest BCUT2D eigenvalue weighted by Gasteiger charge is 2.33. The first-order valence-electron chi connectivity index (χ1n) is 10.0. The molecule has 1 fully saturated rings. The Balaban J connectivity index is 1.90. The molecular formula is C22H26Cl2N2O3. The number of nitrogens with zero attached hydrogens (tertiary/aromatic N) is 1. The van der Waals surface area contributed by atoms with Gasteiger partial charge in [0.15, 0.2) is 0 Å². The molecule has 2 amide bonds. The molecule has 1 N–H and O–H groups in total. The summed E-state index contributed by atoms with van der Waals surface area (Å²) in [6.45, 7) is 0.157. The SMILES string of the molecule is O=C(NC1CCCCCC1)[C@H](c1ccc(Cl)cc1)N(Cc1ccco1)C(=O)CCl. The van der Waals surface area contributed by atoms with Crippen LogP contribution < -0.4 is 5.32 Å². The van der Waals surface area contributed by atoms with Gasteiger partial charge < -0.3 is 14.6 Å². The Morgan fingerprint density at radius 3 is 2.38 bits per heavy atom. The fourth-order valence-corrected chi connectivity index (χ4v) is 4.07. The molecule has 0 saturated heterocycles. The van der Waals surface area contributed by atoms with Gasteiger partial charge in [0.2, 0.25) is 11.8 Å². The number of hydrogen-bond acceptors (Lipinski definition) is 3. The molecule has 0 radical (unpaired) electrons. The third-order valence-electron chi connectivity index (χ3n) is 5.29. The Bertz CT molecular complexity index is 785. The van der Waals surface area contributed by atoms with Crippen LogP contribution in [0.4, 0.5) is 0 Å². The lowest BCUT2D eigenvalue weighted by atomic mass is 10.0. The van der Waals surface area contributed by atoms with Crippen molar-refractivity contribution >= 4 is 35.0 Å². The quantitative estimate of drug-likeness (QED) is 0.485. The van der Waals surface area contributed by atoms with Gasteiger partial charge in [0, 0.05) is 11.1 Å². The van der Waals surface area contributed by atoms with Crippen LogP contribution in [-0.4, -0.2) is 28.6 Å². The van der Waals surface area contributed by atoms with E-state index >= 15 is 0 Å². The van der Waals surface area contributed by atoms with Gasteiger partial charge in [-0.05, 0) is 42.7 Å². The van der Waals surface area contributed by atoms with Crippen molar-refractivity contribution in [3.8, 4) is 0 Å². The molecule has 29 heavy (non-hydrogen) atoms. The maximum atomic E-state index is 13.4. The van der Waals surface area contributed by atoms with Crippen molar-refractivity contribution in [2.75, 3.05) is 5.88 Å². The van der Waals surface area contributed by atoms with E-state index in [1.54, 1.807) is 42.7 Å². The third-order valence-corrected chi connectivity index (χ3v) is 5.77. The Hall–Kier alpha value is -1.98. The van der Waals surface area contributed by atoms with E-state index in [0.29, 0.717) is 16.3 Å². The molecule has 3 rings (SSSR count). The summed E-state index contributed by atoms with van der Waals surface area (Å²) < 4.78 is 5.42. The molecule has 7 heteroatoms. The number of amides is 2. The first kappa shape index (κ1) is 21.7. The standard InChI is InChI=1S/C22H26Cl2N2O3/c23-14-20(27)26(15-19-8-5-13-29-19)21(16-9-11-17(24)12-10-16)22(28)25-18-6-3-1-2-4-7-18/h5,8-13,18,21H,1-4,6-7,14-15H2,(H,25,28)/t21-/m0/s1. The van der Waals surface area contributed by atoms with Gasteiger partial charge in [0.05, 0.1) is 12.8 Å². The van der Waals surface area contributed by atoms with E-state index in [-0.39, 0.29) is 30.3 Å². The summed E-state index contributed by atoms with van der Waals surface area (Å²) in [5.41, 5.74) is 0.686. The fourth-order valence-electron chi connectivity index (χ4n) is 3.79. The molecule has 1 aliphatic carbocycles. The number of alkyl halides is 1. The fraction of sp³-hybridized carbons (Fsp3) is 0.455. The average molecular weight is 437 g/mol. The van der Waals surface area contributed by atoms with Crippen LogP contribution in [0.1, 0.15) is 55.9 Å². The third kappa shape index (κ3) is 6.00. The Morgan fingerprint density at radius 2 is 1.79 bits per heavy atom. The summed E-state index contributed by atoms with van der Waals surface area (Å²) in [6, 6.07) is 9.83. The number of carbonyl (C=O) groups excluding carboxylic acids is 2. The molecule has 1 aromatic carbocycles. The van der Waals surface area contributed by atoms with Gasteiger partial charge in [-0.1, -0.05) is 49.4 Å². The molecule has 1 saturated carbocycles. The second-order valence-electron chi connectivity index (χ2n) is 7.39. The minimum atomic E-state index is -0.813. The number of halogens is 2. The molecule has 0 bridgehead atoms. The molecular weight excluding hydrogens is 411 g/mol. The minimum absolute atomic E-state index is 0.122. The first-order chi connectivity index (χ1) is 14.1. The lowest BCUT2D eigenvalue weighted by molar-refractivity contribution is -0.140. The van der Waals surface area contributed by atoms with Gasteiger partial charge in [-0.2, -0.15) is 0 Å². The normalized spacial score (nSPS) is 16.1. The molecule has 0 unspecified atom stereocenters. The van der Waals surface area contributed by atoms with Crippen LogP contribution in [0.3, 0.4) is 0 Å².